The zero-order chi connectivity index (χ0) is 9.84. The quantitative estimate of drug-likeness (QED) is 0.747. The molecular formula is C10H14FNO. The molecule has 1 aromatic rings. The Labute approximate surface area is 77.2 Å². The number of aliphatic hydroxyl groups is 1. The SMILES string of the molecule is C[C@@H](N)C[C@@H](O)c1ccc(F)cc1. The summed E-state index contributed by atoms with van der Waals surface area (Å²) in [5.74, 6) is -0.295. The maximum absolute atomic E-state index is 12.5. The van der Waals surface area contributed by atoms with Gasteiger partial charge in [-0.05, 0) is 31.0 Å². The molecule has 0 heterocycles. The standard InChI is InChI=1S/C10H14FNO/c1-7(12)6-10(13)8-2-4-9(11)5-3-8/h2-5,7,10,13H,6,12H2,1H3/t7-,10-/m1/s1. The molecule has 1 rings (SSSR count). The maximum atomic E-state index is 12.5. The lowest BCUT2D eigenvalue weighted by molar-refractivity contribution is 0.160. The Morgan fingerprint density at radius 2 is 1.92 bits per heavy atom. The smallest absolute Gasteiger partial charge is 0.123 e. The molecule has 0 spiro atoms. The van der Waals surface area contributed by atoms with E-state index in [1.54, 1.807) is 12.1 Å². The lowest BCUT2D eigenvalue weighted by Crippen LogP contribution is -2.18. The van der Waals surface area contributed by atoms with Gasteiger partial charge in [-0.25, -0.2) is 4.39 Å². The molecule has 0 fully saturated rings. The molecule has 0 aliphatic rings. The molecule has 1 aromatic carbocycles. The number of halogens is 1. The van der Waals surface area contributed by atoms with E-state index in [1.165, 1.54) is 12.1 Å². The van der Waals surface area contributed by atoms with Gasteiger partial charge in [0, 0.05) is 6.04 Å². The van der Waals surface area contributed by atoms with E-state index in [0.717, 1.165) is 0 Å². The molecule has 0 unspecified atom stereocenters. The first-order valence-corrected chi connectivity index (χ1v) is 4.28. The molecule has 2 atom stereocenters. The fraction of sp³-hybridized carbons (Fsp3) is 0.400. The highest BCUT2D eigenvalue weighted by Gasteiger charge is 2.09. The summed E-state index contributed by atoms with van der Waals surface area (Å²) in [5, 5.41) is 9.58. The van der Waals surface area contributed by atoms with Crippen LogP contribution in [0.2, 0.25) is 0 Å². The minimum Gasteiger partial charge on any atom is -0.388 e. The van der Waals surface area contributed by atoms with Crippen LogP contribution < -0.4 is 5.73 Å². The monoisotopic (exact) mass is 183 g/mol. The van der Waals surface area contributed by atoms with Crippen molar-refractivity contribution in [3.8, 4) is 0 Å². The zero-order valence-corrected chi connectivity index (χ0v) is 7.57. The fourth-order valence-electron chi connectivity index (χ4n) is 1.17. The summed E-state index contributed by atoms with van der Waals surface area (Å²) in [4.78, 5) is 0. The first-order chi connectivity index (χ1) is 6.09. The molecule has 3 N–H and O–H groups in total. The van der Waals surface area contributed by atoms with Crippen molar-refractivity contribution in [1.29, 1.82) is 0 Å². The van der Waals surface area contributed by atoms with Crippen LogP contribution in [0.15, 0.2) is 24.3 Å². The molecule has 0 aliphatic heterocycles. The molecular weight excluding hydrogens is 169 g/mol. The van der Waals surface area contributed by atoms with Crippen molar-refractivity contribution < 1.29 is 9.50 Å². The largest absolute Gasteiger partial charge is 0.388 e. The van der Waals surface area contributed by atoms with E-state index in [-0.39, 0.29) is 11.9 Å². The molecule has 0 aliphatic carbocycles. The van der Waals surface area contributed by atoms with Crippen LogP contribution in [-0.4, -0.2) is 11.1 Å². The number of nitrogens with two attached hydrogens (primary N) is 1. The van der Waals surface area contributed by atoms with Crippen LogP contribution in [0.3, 0.4) is 0 Å². The van der Waals surface area contributed by atoms with Gasteiger partial charge in [-0.1, -0.05) is 12.1 Å². The van der Waals surface area contributed by atoms with Crippen molar-refractivity contribution in [3.63, 3.8) is 0 Å². The second-order valence-electron chi connectivity index (χ2n) is 3.28. The zero-order valence-electron chi connectivity index (χ0n) is 7.57. The maximum Gasteiger partial charge on any atom is 0.123 e. The van der Waals surface area contributed by atoms with E-state index in [2.05, 4.69) is 0 Å². The van der Waals surface area contributed by atoms with E-state index < -0.39 is 6.10 Å². The number of hydrogen-bond acceptors (Lipinski definition) is 2. The van der Waals surface area contributed by atoms with Gasteiger partial charge in [0.15, 0.2) is 0 Å². The second-order valence-corrected chi connectivity index (χ2v) is 3.28. The van der Waals surface area contributed by atoms with E-state index in [0.29, 0.717) is 12.0 Å². The molecule has 72 valence electrons. The first-order valence-electron chi connectivity index (χ1n) is 4.28. The van der Waals surface area contributed by atoms with E-state index in [4.69, 9.17) is 5.73 Å². The van der Waals surface area contributed by atoms with Crippen LogP contribution in [0, 0.1) is 5.82 Å². The van der Waals surface area contributed by atoms with Crippen LogP contribution in [0.4, 0.5) is 4.39 Å². The van der Waals surface area contributed by atoms with Crippen molar-refractivity contribution in [2.24, 2.45) is 5.73 Å². The number of rotatable bonds is 3. The van der Waals surface area contributed by atoms with E-state index in [9.17, 15) is 9.50 Å². The van der Waals surface area contributed by atoms with Gasteiger partial charge in [0.1, 0.15) is 5.82 Å². The minimum atomic E-state index is -0.597. The normalized spacial score (nSPS) is 15.4. The first kappa shape index (κ1) is 10.2. The molecule has 0 aromatic heterocycles. The Morgan fingerprint density at radius 3 is 2.38 bits per heavy atom. The molecule has 0 amide bonds. The van der Waals surface area contributed by atoms with E-state index >= 15 is 0 Å². The van der Waals surface area contributed by atoms with Crippen molar-refractivity contribution >= 4 is 0 Å². The topological polar surface area (TPSA) is 46.2 Å². The Balaban J connectivity index is 2.66. The predicted octanol–water partition coefficient (Wildman–Crippen LogP) is 1.60. The summed E-state index contributed by atoms with van der Waals surface area (Å²) in [6.45, 7) is 1.83. The van der Waals surface area contributed by atoms with Crippen molar-refractivity contribution in [2.75, 3.05) is 0 Å². The van der Waals surface area contributed by atoms with Crippen molar-refractivity contribution in [1.82, 2.24) is 0 Å². The highest BCUT2D eigenvalue weighted by Crippen LogP contribution is 2.17. The summed E-state index contributed by atoms with van der Waals surface area (Å²) in [7, 11) is 0. The van der Waals surface area contributed by atoms with Gasteiger partial charge in [0.25, 0.3) is 0 Å². The summed E-state index contributed by atoms with van der Waals surface area (Å²) >= 11 is 0. The third kappa shape index (κ3) is 3.13. The summed E-state index contributed by atoms with van der Waals surface area (Å²) in [6.07, 6.45) is -0.105. The molecule has 3 heteroatoms. The summed E-state index contributed by atoms with van der Waals surface area (Å²) in [5.41, 5.74) is 6.23. The third-order valence-electron chi connectivity index (χ3n) is 1.85. The highest BCUT2D eigenvalue weighted by molar-refractivity contribution is 5.18. The van der Waals surface area contributed by atoms with Gasteiger partial charge in [-0.3, -0.25) is 0 Å². The van der Waals surface area contributed by atoms with Crippen LogP contribution >= 0.6 is 0 Å². The van der Waals surface area contributed by atoms with Crippen LogP contribution in [0.5, 0.6) is 0 Å². The van der Waals surface area contributed by atoms with Gasteiger partial charge in [0.05, 0.1) is 6.10 Å². The minimum absolute atomic E-state index is 0.0555. The summed E-state index contributed by atoms with van der Waals surface area (Å²) in [6, 6.07) is 5.75. The molecule has 0 bridgehead atoms. The van der Waals surface area contributed by atoms with Gasteiger partial charge in [-0.15, -0.1) is 0 Å². The van der Waals surface area contributed by atoms with Crippen molar-refractivity contribution in [2.45, 2.75) is 25.5 Å². The second kappa shape index (κ2) is 4.35. The molecule has 0 saturated heterocycles. The predicted molar refractivity (Wildman–Crippen MR) is 49.6 cm³/mol. The lowest BCUT2D eigenvalue weighted by atomic mass is 10.0. The average Bonchev–Trinajstić information content (AvgIpc) is 2.04. The molecule has 0 saturated carbocycles. The van der Waals surface area contributed by atoms with Gasteiger partial charge in [0.2, 0.25) is 0 Å². The lowest BCUT2D eigenvalue weighted by Gasteiger charge is -2.12. The Morgan fingerprint density at radius 1 is 1.38 bits per heavy atom. The number of hydrogen-bond donors (Lipinski definition) is 2. The van der Waals surface area contributed by atoms with Crippen LogP contribution in [0.25, 0.3) is 0 Å². The van der Waals surface area contributed by atoms with Gasteiger partial charge in [-0.2, -0.15) is 0 Å². The average molecular weight is 183 g/mol. The fourth-order valence-corrected chi connectivity index (χ4v) is 1.17. The van der Waals surface area contributed by atoms with Gasteiger partial charge < -0.3 is 10.8 Å². The van der Waals surface area contributed by atoms with Crippen LogP contribution in [0.1, 0.15) is 25.0 Å². The molecule has 13 heavy (non-hydrogen) atoms. The van der Waals surface area contributed by atoms with Crippen LogP contribution in [-0.2, 0) is 0 Å². The number of benzene rings is 1. The third-order valence-corrected chi connectivity index (χ3v) is 1.85. The molecule has 2 nitrogen and oxygen atoms in total. The van der Waals surface area contributed by atoms with Crippen molar-refractivity contribution in [3.05, 3.63) is 35.6 Å². The summed E-state index contributed by atoms with van der Waals surface area (Å²) < 4.78 is 12.5. The van der Waals surface area contributed by atoms with Gasteiger partial charge >= 0.3 is 0 Å². The van der Waals surface area contributed by atoms with E-state index in [1.807, 2.05) is 6.92 Å². The number of aliphatic hydroxyl groups excluding tert-OH is 1. The Hall–Kier alpha value is -0.930. The molecule has 0 radical (unpaired) electrons. The Kier molecular flexibility index (Phi) is 3.39. The Bertz CT molecular complexity index is 258. The highest BCUT2D eigenvalue weighted by atomic mass is 19.1.